The number of nitrogens with zero attached hydrogens (tertiary/aromatic N) is 1. The highest BCUT2D eigenvalue weighted by Gasteiger charge is 2.45. The van der Waals surface area contributed by atoms with Crippen LogP contribution in [0.2, 0.25) is 0 Å². The van der Waals surface area contributed by atoms with E-state index in [1.165, 1.54) is 30.1 Å². The summed E-state index contributed by atoms with van der Waals surface area (Å²) in [4.78, 5) is 40.0. The lowest BCUT2D eigenvalue weighted by Crippen LogP contribution is -2.57. The number of carboxylic acids is 1. The van der Waals surface area contributed by atoms with Crippen LogP contribution in [0.1, 0.15) is 86.3 Å². The van der Waals surface area contributed by atoms with E-state index in [2.05, 4.69) is 40.0 Å². The number of rotatable bonds is 19. The van der Waals surface area contributed by atoms with Crippen LogP contribution in [0.15, 0.2) is 67.0 Å². The molecule has 1 heterocycles. The highest BCUT2D eigenvalue weighted by molar-refractivity contribution is 7.92. The molecule has 308 valence electrons. The Morgan fingerprint density at radius 2 is 1.48 bits per heavy atom. The third-order valence-corrected chi connectivity index (χ3v) is 11.7. The number of pyridine rings is 1. The Hall–Kier alpha value is -4.48. The van der Waals surface area contributed by atoms with E-state index in [1.54, 1.807) is 0 Å². The first-order chi connectivity index (χ1) is 26.3. The fourth-order valence-electron chi connectivity index (χ4n) is 6.22. The number of hydrogen-bond donors (Lipinski definition) is 5. The summed E-state index contributed by atoms with van der Waals surface area (Å²) in [5, 5.41) is 26.7. The van der Waals surface area contributed by atoms with Gasteiger partial charge in [0.2, 0.25) is 5.91 Å². The number of halogens is 5. The number of carboxylic acid groups (broad SMARTS) is 1. The molecular formula is C39H49F5N4O7S. The number of aliphatic hydroxyl groups excluding tert-OH is 1. The largest absolute Gasteiger partial charge is 0.490 e. The molecule has 1 unspecified atom stereocenters. The molecule has 56 heavy (non-hydrogen) atoms. The van der Waals surface area contributed by atoms with Gasteiger partial charge in [-0.3, -0.25) is 14.6 Å². The zero-order valence-corrected chi connectivity index (χ0v) is 32.2. The molecule has 5 N–H and O–H groups in total. The number of amides is 2. The number of aryl methyl sites for hydroxylation is 1. The highest BCUT2D eigenvalue weighted by atomic mass is 32.2. The fraction of sp³-hybridized carbons (Fsp3) is 0.487. The SMILES string of the molecule is CCCC(CCC)S(=O)(=O)CC(NC(=O)c1ccncc1)C(=O)N[C@@H](Cc1cc(F)cc(F)c1)[C@H](O)CNC1(c2cccc(CC)c2)CC1.O=C(O)C(F)(F)F. The molecule has 0 spiro atoms. The number of sulfone groups is 1. The molecule has 2 amide bonds. The zero-order valence-electron chi connectivity index (χ0n) is 31.4. The van der Waals surface area contributed by atoms with Crippen LogP contribution in [0.4, 0.5) is 22.0 Å². The van der Waals surface area contributed by atoms with Crippen LogP contribution in [-0.4, -0.2) is 83.3 Å². The van der Waals surface area contributed by atoms with Gasteiger partial charge in [0.1, 0.15) is 17.7 Å². The molecule has 0 radical (unpaired) electrons. The first-order valence-electron chi connectivity index (χ1n) is 18.3. The normalized spacial score (nSPS) is 15.2. The van der Waals surface area contributed by atoms with Crippen molar-refractivity contribution in [2.75, 3.05) is 12.3 Å². The maximum atomic E-state index is 14.2. The number of aliphatic carboxylic acids is 1. The van der Waals surface area contributed by atoms with Gasteiger partial charge in [-0.05, 0) is 79.5 Å². The summed E-state index contributed by atoms with van der Waals surface area (Å²) < 4.78 is 87.4. The van der Waals surface area contributed by atoms with Crippen LogP contribution in [0, 0.1) is 11.6 Å². The molecule has 2 aromatic carbocycles. The lowest BCUT2D eigenvalue weighted by atomic mass is 9.98. The van der Waals surface area contributed by atoms with E-state index in [-0.39, 0.29) is 29.6 Å². The first-order valence-corrected chi connectivity index (χ1v) is 20.1. The molecule has 4 rings (SSSR count). The Morgan fingerprint density at radius 3 is 2.00 bits per heavy atom. The molecule has 1 aliphatic carbocycles. The number of hydrogen-bond acceptors (Lipinski definition) is 8. The topological polar surface area (TPSA) is 175 Å². The van der Waals surface area contributed by atoms with Crippen molar-refractivity contribution in [3.63, 3.8) is 0 Å². The molecule has 0 aliphatic heterocycles. The third kappa shape index (κ3) is 13.9. The second-order valence-corrected chi connectivity index (χ2v) is 16.1. The highest BCUT2D eigenvalue weighted by Crippen LogP contribution is 2.45. The van der Waals surface area contributed by atoms with Crippen molar-refractivity contribution in [2.45, 2.75) is 107 Å². The number of alkyl halides is 3. The molecule has 3 aromatic rings. The number of benzene rings is 2. The quantitative estimate of drug-likeness (QED) is 0.0993. The summed E-state index contributed by atoms with van der Waals surface area (Å²) in [6.45, 7) is 5.87. The van der Waals surface area contributed by atoms with Crippen molar-refractivity contribution in [3.8, 4) is 0 Å². The van der Waals surface area contributed by atoms with Gasteiger partial charge in [0, 0.05) is 36.1 Å². The maximum absolute atomic E-state index is 14.2. The molecule has 0 saturated heterocycles. The third-order valence-electron chi connectivity index (χ3n) is 9.39. The first kappa shape index (κ1) is 45.9. The van der Waals surface area contributed by atoms with Crippen molar-refractivity contribution < 1.29 is 55.0 Å². The Morgan fingerprint density at radius 1 is 0.893 bits per heavy atom. The molecule has 1 aliphatic rings. The Bertz CT molecular complexity index is 1850. The van der Waals surface area contributed by atoms with Gasteiger partial charge in [-0.2, -0.15) is 13.2 Å². The van der Waals surface area contributed by atoms with E-state index in [9.17, 15) is 45.1 Å². The molecular weight excluding hydrogens is 764 g/mol. The average Bonchev–Trinajstić information content (AvgIpc) is 3.94. The molecule has 3 atom stereocenters. The fourth-order valence-corrected chi connectivity index (χ4v) is 8.38. The van der Waals surface area contributed by atoms with Gasteiger partial charge >= 0.3 is 12.1 Å². The predicted octanol–water partition coefficient (Wildman–Crippen LogP) is 5.40. The van der Waals surface area contributed by atoms with Gasteiger partial charge in [0.25, 0.3) is 5.91 Å². The summed E-state index contributed by atoms with van der Waals surface area (Å²) >= 11 is 0. The molecule has 1 aromatic heterocycles. The predicted molar refractivity (Wildman–Crippen MR) is 199 cm³/mol. The summed E-state index contributed by atoms with van der Waals surface area (Å²) in [5.41, 5.74) is 2.29. The summed E-state index contributed by atoms with van der Waals surface area (Å²) in [6, 6.07) is 11.4. The van der Waals surface area contributed by atoms with Gasteiger partial charge in [-0.1, -0.05) is 57.9 Å². The van der Waals surface area contributed by atoms with Crippen molar-refractivity contribution in [2.24, 2.45) is 0 Å². The van der Waals surface area contributed by atoms with E-state index >= 15 is 0 Å². The Balaban J connectivity index is 0.00000109. The summed E-state index contributed by atoms with van der Waals surface area (Å²) in [5.74, 6) is -6.55. The van der Waals surface area contributed by atoms with Gasteiger partial charge in [-0.15, -0.1) is 0 Å². The van der Waals surface area contributed by atoms with E-state index in [1.807, 2.05) is 26.0 Å². The van der Waals surface area contributed by atoms with Crippen LogP contribution in [0.25, 0.3) is 0 Å². The average molecular weight is 813 g/mol. The van der Waals surface area contributed by atoms with Crippen LogP contribution < -0.4 is 16.0 Å². The molecule has 17 heteroatoms. The Labute approximate surface area is 323 Å². The zero-order chi connectivity index (χ0) is 41.7. The second kappa shape index (κ2) is 20.6. The van der Waals surface area contributed by atoms with E-state index in [0.717, 1.165) is 43.0 Å². The van der Waals surface area contributed by atoms with Crippen molar-refractivity contribution in [1.82, 2.24) is 20.9 Å². The van der Waals surface area contributed by atoms with Crippen LogP contribution in [-0.2, 0) is 37.8 Å². The minimum absolute atomic E-state index is 0.0283. The molecule has 1 fully saturated rings. The Kier molecular flexibility index (Phi) is 16.9. The minimum Gasteiger partial charge on any atom is -0.475 e. The van der Waals surface area contributed by atoms with E-state index in [4.69, 9.17) is 9.90 Å². The molecule has 11 nitrogen and oxygen atoms in total. The number of aliphatic hydroxyl groups is 1. The number of aromatic nitrogens is 1. The van der Waals surface area contributed by atoms with E-state index < -0.39 is 74.6 Å². The van der Waals surface area contributed by atoms with Crippen molar-refractivity contribution in [1.29, 1.82) is 0 Å². The van der Waals surface area contributed by atoms with Crippen molar-refractivity contribution in [3.05, 3.63) is 101 Å². The van der Waals surface area contributed by atoms with Gasteiger partial charge in [-0.25, -0.2) is 22.0 Å². The van der Waals surface area contributed by atoms with Crippen LogP contribution in [0.5, 0.6) is 0 Å². The number of nitrogens with one attached hydrogen (secondary N) is 3. The lowest BCUT2D eigenvalue weighted by molar-refractivity contribution is -0.192. The lowest BCUT2D eigenvalue weighted by Gasteiger charge is -2.29. The summed E-state index contributed by atoms with van der Waals surface area (Å²) in [7, 11) is -3.86. The number of carbonyl (C=O) groups is 3. The van der Waals surface area contributed by atoms with Gasteiger partial charge < -0.3 is 26.2 Å². The van der Waals surface area contributed by atoms with E-state index in [0.29, 0.717) is 25.7 Å². The van der Waals surface area contributed by atoms with Gasteiger partial charge in [0.05, 0.1) is 23.1 Å². The smallest absolute Gasteiger partial charge is 0.475 e. The van der Waals surface area contributed by atoms with Gasteiger partial charge in [0.15, 0.2) is 9.84 Å². The standard InChI is InChI=1S/C37H48F2N4O5S.C2HF3O2/c1-4-8-31(9-5-2)49(47,48)24-33(43-35(45)27-12-16-40-17-13-27)36(46)42-32(21-26-19-29(38)22-30(39)20-26)34(44)23-41-37(14-15-37)28-11-7-10-25(6-3)18-28;3-2(4,5)1(6)7/h7,10-13,16-20,22,31-34,41,44H,4-6,8-9,14-15,21,23-24H2,1-3H3,(H,42,46)(H,43,45);(H,6,7)/t32-,33?,34+;/m0./s1. The minimum atomic E-state index is -5.08. The maximum Gasteiger partial charge on any atom is 0.490 e. The molecule has 0 bridgehead atoms. The van der Waals surface area contributed by atoms with Crippen LogP contribution in [0.3, 0.4) is 0 Å². The summed E-state index contributed by atoms with van der Waals surface area (Å²) in [6.07, 6.45) is 0.943. The second-order valence-electron chi connectivity index (χ2n) is 13.8. The number of carbonyl (C=O) groups excluding carboxylic acids is 2. The monoisotopic (exact) mass is 812 g/mol. The van der Waals surface area contributed by atoms with Crippen molar-refractivity contribution >= 4 is 27.6 Å². The van der Waals surface area contributed by atoms with Crippen LogP contribution >= 0.6 is 0 Å². The molecule has 1 saturated carbocycles.